The van der Waals surface area contributed by atoms with E-state index in [1.165, 1.54) is 22.6 Å². The topological polar surface area (TPSA) is 83.8 Å². The second kappa shape index (κ2) is 7.35. The van der Waals surface area contributed by atoms with Gasteiger partial charge in [-0.2, -0.15) is 0 Å². The number of halogens is 2. The summed E-state index contributed by atoms with van der Waals surface area (Å²) in [6, 6.07) is 0. The van der Waals surface area contributed by atoms with Gasteiger partial charge in [0.15, 0.2) is 3.92 Å². The summed E-state index contributed by atoms with van der Waals surface area (Å²) in [4.78, 5) is 21.0. The summed E-state index contributed by atoms with van der Waals surface area (Å²) in [7, 11) is -2.17. The fourth-order valence-electron chi connectivity index (χ4n) is 0.256. The minimum absolute atomic E-state index is 0. The number of carbonyl (C=O) groups excluding carboxylic acids is 2. The molecule has 0 aromatic rings. The first-order chi connectivity index (χ1) is 4.95. The van der Waals surface area contributed by atoms with Gasteiger partial charge < -0.3 is 14.7 Å². The molecule has 5 nitrogen and oxygen atoms in total. The normalized spacial score (nSPS) is 11.0. The van der Waals surface area contributed by atoms with Crippen molar-refractivity contribution in [2.24, 2.45) is 0 Å². The quantitative estimate of drug-likeness (QED) is 0.216. The van der Waals surface area contributed by atoms with Crippen LogP contribution >= 0.6 is 38.5 Å². The molecule has 0 amide bonds. The van der Waals surface area contributed by atoms with Gasteiger partial charge in [-0.3, -0.25) is 9.59 Å². The van der Waals surface area contributed by atoms with Crippen molar-refractivity contribution in [2.45, 2.75) is 3.92 Å². The summed E-state index contributed by atoms with van der Waals surface area (Å²) in [5.41, 5.74) is 0. The van der Waals surface area contributed by atoms with Crippen LogP contribution in [0.3, 0.4) is 0 Å². The van der Waals surface area contributed by atoms with Gasteiger partial charge in [0.25, 0.3) is 0 Å². The molecule has 0 aliphatic heterocycles. The first-order valence-electron chi connectivity index (χ1n) is 2.35. The molecule has 0 bridgehead atoms. The molecule has 0 radical (unpaired) electrons. The predicted octanol–water partition coefficient (Wildman–Crippen LogP) is -1.42. The van der Waals surface area contributed by atoms with Crippen LogP contribution in [0.5, 0.6) is 0 Å². The second-order valence-electron chi connectivity index (χ2n) is 1.43. The Hall–Kier alpha value is 0.932. The Morgan fingerprint density at radius 2 is 1.92 bits per heavy atom. The Balaban J connectivity index is 0. The average Bonchev–Trinajstić information content (AvgIpc) is 1.84. The molecule has 0 fully saturated rings. The van der Waals surface area contributed by atoms with Crippen molar-refractivity contribution in [1.29, 1.82) is 0 Å². The van der Waals surface area contributed by atoms with Crippen LogP contribution in [-0.2, 0) is 14.2 Å². The molecule has 2 N–H and O–H groups in total. The van der Waals surface area contributed by atoms with Gasteiger partial charge in [0, 0.05) is 0 Å². The summed E-state index contributed by atoms with van der Waals surface area (Å²) in [6.45, 7) is 0. The summed E-state index contributed by atoms with van der Waals surface area (Å²) < 4.78 is 2.25. The molecule has 0 aromatic carbocycles. The Morgan fingerprint density at radius 1 is 1.50 bits per heavy atom. The average molecular weight is 345 g/mol. The molecule has 0 saturated carbocycles. The molecule has 0 aliphatic rings. The maximum atomic E-state index is 10.6. The zero-order valence-electron chi connectivity index (χ0n) is 5.03. The van der Waals surface area contributed by atoms with Crippen molar-refractivity contribution in [3.8, 4) is 0 Å². The van der Waals surface area contributed by atoms with Crippen molar-refractivity contribution in [1.82, 2.24) is 0 Å². The van der Waals surface area contributed by atoms with E-state index in [9.17, 15) is 9.59 Å². The molecule has 0 saturated heterocycles. The van der Waals surface area contributed by atoms with Gasteiger partial charge in [-0.15, -0.1) is 0 Å². The van der Waals surface area contributed by atoms with Crippen LogP contribution in [0.25, 0.3) is 0 Å². The molecular formula is C3H4BBrILiO5. The molecule has 1 unspecified atom stereocenters. The molecule has 0 rings (SSSR count). The van der Waals surface area contributed by atoms with Gasteiger partial charge in [-0.05, 0) is 15.9 Å². The minimum atomic E-state index is -2.17. The van der Waals surface area contributed by atoms with Crippen LogP contribution in [0.15, 0.2) is 0 Å². The fourth-order valence-corrected chi connectivity index (χ4v) is 0.590. The molecule has 0 aliphatic carbocycles. The van der Waals surface area contributed by atoms with Gasteiger partial charge in [-0.1, -0.05) is 22.6 Å². The van der Waals surface area contributed by atoms with Crippen LogP contribution < -0.4 is 0 Å². The van der Waals surface area contributed by atoms with E-state index in [1.54, 1.807) is 0 Å². The second-order valence-corrected chi connectivity index (χ2v) is 3.46. The first-order valence-corrected chi connectivity index (χ1v) is 4.39. The summed E-state index contributed by atoms with van der Waals surface area (Å²) in [5.74, 6) is -0.998. The van der Waals surface area contributed by atoms with Crippen molar-refractivity contribution in [2.75, 3.05) is 0 Å². The van der Waals surface area contributed by atoms with E-state index in [0.717, 1.165) is 0 Å². The number of rotatable bonds is 3. The van der Waals surface area contributed by atoms with Crippen LogP contribution in [0, 0.1) is 0 Å². The summed E-state index contributed by atoms with van der Waals surface area (Å²) in [6.07, 6.45) is 0. The Kier molecular flexibility index (Phi) is 9.43. The molecule has 12 heavy (non-hydrogen) atoms. The van der Waals surface area contributed by atoms with Crippen molar-refractivity contribution >= 4 is 75.4 Å². The van der Waals surface area contributed by atoms with E-state index in [4.69, 9.17) is 10.0 Å². The fraction of sp³-hybridized carbons (Fsp3) is 0.333. The monoisotopic (exact) mass is 344 g/mol. The van der Waals surface area contributed by atoms with Gasteiger partial charge in [0.2, 0.25) is 4.69 Å². The number of hydrogen-bond donors (Lipinski definition) is 2. The van der Waals surface area contributed by atoms with E-state index in [-0.39, 0.29) is 18.9 Å². The standard InChI is InChI=1S/C3H3BBrIO5.Li.H/c5-2(7)1(6)3(8)11-4(9)10;;/h1,9-10H;;. The van der Waals surface area contributed by atoms with E-state index in [0.29, 0.717) is 0 Å². The first kappa shape index (κ1) is 15.4. The number of alkyl halides is 1. The Bertz CT molecular complexity index is 178. The third-order valence-corrected chi connectivity index (χ3v) is 3.02. The van der Waals surface area contributed by atoms with E-state index in [2.05, 4.69) is 20.6 Å². The van der Waals surface area contributed by atoms with Crippen molar-refractivity contribution in [3.63, 3.8) is 0 Å². The number of hydrogen-bond acceptors (Lipinski definition) is 5. The van der Waals surface area contributed by atoms with Crippen LogP contribution in [0.1, 0.15) is 0 Å². The summed E-state index contributed by atoms with van der Waals surface area (Å²) >= 11 is 4.02. The number of carbonyl (C=O) groups is 2. The molecule has 0 aromatic heterocycles. The van der Waals surface area contributed by atoms with Gasteiger partial charge in [0.1, 0.15) is 0 Å². The zero-order valence-corrected chi connectivity index (χ0v) is 8.77. The van der Waals surface area contributed by atoms with Gasteiger partial charge in [0.05, 0.1) is 0 Å². The van der Waals surface area contributed by atoms with Gasteiger partial charge >= 0.3 is 32.2 Å². The third kappa shape index (κ3) is 6.45. The molecule has 0 heterocycles. The third-order valence-electron chi connectivity index (χ3n) is 0.628. The Morgan fingerprint density at radius 3 is 2.17 bits per heavy atom. The molecular weight excluding hydrogens is 341 g/mol. The van der Waals surface area contributed by atoms with Gasteiger partial charge in [-0.25, -0.2) is 0 Å². The van der Waals surface area contributed by atoms with Crippen LogP contribution in [0.2, 0.25) is 0 Å². The predicted molar refractivity (Wildman–Crippen MR) is 55.2 cm³/mol. The van der Waals surface area contributed by atoms with Crippen LogP contribution in [-0.4, -0.2) is 50.8 Å². The molecule has 9 heteroatoms. The zero-order chi connectivity index (χ0) is 9.02. The SMILES string of the molecule is O=C(Br)C(I)C(=O)OB(O)O.[LiH]. The van der Waals surface area contributed by atoms with E-state index < -0.39 is 21.9 Å². The van der Waals surface area contributed by atoms with Crippen molar-refractivity contribution in [3.05, 3.63) is 0 Å². The molecule has 0 spiro atoms. The van der Waals surface area contributed by atoms with Crippen molar-refractivity contribution < 1.29 is 24.3 Å². The van der Waals surface area contributed by atoms with E-state index >= 15 is 0 Å². The molecule has 1 atom stereocenters. The Labute approximate surface area is 103 Å². The van der Waals surface area contributed by atoms with Crippen LogP contribution in [0.4, 0.5) is 0 Å². The summed E-state index contributed by atoms with van der Waals surface area (Å²) in [5, 5.41) is 16.3. The molecule has 64 valence electrons. The maximum absolute atomic E-state index is 10.6. The van der Waals surface area contributed by atoms with E-state index in [1.807, 2.05) is 0 Å².